The molecule has 2 atom stereocenters. The molecule has 110 valence electrons. The van der Waals surface area contributed by atoms with Crippen LogP contribution in [0.4, 0.5) is 0 Å². The van der Waals surface area contributed by atoms with Gasteiger partial charge in [-0.15, -0.1) is 0 Å². The standard InChI is InChI=1S/C17H26N2O/c1-17(2)12-20-11-10-19(17)15-9-8-13-6-4-5-7-14(13)16(15)18-3/h4-7,15-16,18H,8-12H2,1-3H3. The van der Waals surface area contributed by atoms with Gasteiger partial charge in [0.1, 0.15) is 0 Å². The quantitative estimate of drug-likeness (QED) is 0.896. The molecule has 0 saturated carbocycles. The molecule has 0 aromatic heterocycles. The topological polar surface area (TPSA) is 24.5 Å². The second-order valence-corrected chi connectivity index (χ2v) is 6.63. The number of morpholine rings is 1. The molecule has 1 heterocycles. The Morgan fingerprint density at radius 1 is 1.30 bits per heavy atom. The van der Waals surface area contributed by atoms with Gasteiger partial charge in [-0.1, -0.05) is 24.3 Å². The molecular weight excluding hydrogens is 248 g/mol. The first-order valence-electron chi connectivity index (χ1n) is 7.73. The molecular formula is C17H26N2O. The number of aryl methyl sites for hydroxylation is 1. The second-order valence-electron chi connectivity index (χ2n) is 6.63. The first-order valence-corrected chi connectivity index (χ1v) is 7.73. The zero-order valence-corrected chi connectivity index (χ0v) is 12.9. The van der Waals surface area contributed by atoms with Gasteiger partial charge in [-0.05, 0) is 44.9 Å². The number of ether oxygens (including phenoxy) is 1. The minimum Gasteiger partial charge on any atom is -0.378 e. The van der Waals surface area contributed by atoms with Crippen molar-refractivity contribution in [1.29, 1.82) is 0 Å². The smallest absolute Gasteiger partial charge is 0.0645 e. The normalized spacial score (nSPS) is 29.9. The van der Waals surface area contributed by atoms with Gasteiger partial charge in [0.25, 0.3) is 0 Å². The van der Waals surface area contributed by atoms with Crippen molar-refractivity contribution in [3.63, 3.8) is 0 Å². The van der Waals surface area contributed by atoms with Gasteiger partial charge in [0.05, 0.1) is 13.2 Å². The molecule has 3 rings (SSSR count). The van der Waals surface area contributed by atoms with Gasteiger partial charge in [0, 0.05) is 24.2 Å². The third kappa shape index (κ3) is 2.39. The van der Waals surface area contributed by atoms with Crippen LogP contribution in [-0.4, -0.2) is 43.3 Å². The van der Waals surface area contributed by atoms with Crippen LogP contribution in [0.15, 0.2) is 24.3 Å². The van der Waals surface area contributed by atoms with Crippen LogP contribution in [0.5, 0.6) is 0 Å². The van der Waals surface area contributed by atoms with Crippen molar-refractivity contribution in [1.82, 2.24) is 10.2 Å². The largest absolute Gasteiger partial charge is 0.378 e. The summed E-state index contributed by atoms with van der Waals surface area (Å²) in [6.45, 7) is 7.34. The molecule has 2 unspecified atom stereocenters. The van der Waals surface area contributed by atoms with E-state index in [0.29, 0.717) is 12.1 Å². The molecule has 1 aliphatic heterocycles. The van der Waals surface area contributed by atoms with Crippen LogP contribution in [-0.2, 0) is 11.2 Å². The molecule has 1 aromatic rings. The van der Waals surface area contributed by atoms with E-state index in [1.165, 1.54) is 24.0 Å². The lowest BCUT2D eigenvalue weighted by Crippen LogP contribution is -2.60. The fraction of sp³-hybridized carbons (Fsp3) is 0.647. The van der Waals surface area contributed by atoms with E-state index in [0.717, 1.165) is 19.8 Å². The lowest BCUT2D eigenvalue weighted by molar-refractivity contribution is -0.0812. The average Bonchev–Trinajstić information content (AvgIpc) is 2.46. The summed E-state index contributed by atoms with van der Waals surface area (Å²) >= 11 is 0. The van der Waals surface area contributed by atoms with Gasteiger partial charge in [-0.3, -0.25) is 4.90 Å². The summed E-state index contributed by atoms with van der Waals surface area (Å²) in [4.78, 5) is 2.66. The number of fused-ring (bicyclic) bond motifs is 1. The van der Waals surface area contributed by atoms with Crippen molar-refractivity contribution in [3.8, 4) is 0 Å². The van der Waals surface area contributed by atoms with Crippen molar-refractivity contribution < 1.29 is 4.74 Å². The van der Waals surface area contributed by atoms with Gasteiger partial charge in [-0.25, -0.2) is 0 Å². The van der Waals surface area contributed by atoms with Crippen LogP contribution in [0.25, 0.3) is 0 Å². The monoisotopic (exact) mass is 274 g/mol. The predicted molar refractivity (Wildman–Crippen MR) is 82.0 cm³/mol. The van der Waals surface area contributed by atoms with Crippen molar-refractivity contribution in [2.75, 3.05) is 26.8 Å². The Hall–Kier alpha value is -0.900. The van der Waals surface area contributed by atoms with Crippen LogP contribution in [0, 0.1) is 0 Å². The number of likely N-dealkylation sites (N-methyl/N-ethyl adjacent to an activating group) is 1. The van der Waals surface area contributed by atoms with Gasteiger partial charge < -0.3 is 10.1 Å². The number of rotatable bonds is 2. The molecule has 3 nitrogen and oxygen atoms in total. The molecule has 0 radical (unpaired) electrons. The lowest BCUT2D eigenvalue weighted by Gasteiger charge is -2.50. The maximum absolute atomic E-state index is 5.68. The maximum atomic E-state index is 5.68. The molecule has 0 spiro atoms. The van der Waals surface area contributed by atoms with Crippen LogP contribution < -0.4 is 5.32 Å². The van der Waals surface area contributed by atoms with Gasteiger partial charge in [-0.2, -0.15) is 0 Å². The molecule has 0 amide bonds. The van der Waals surface area contributed by atoms with E-state index >= 15 is 0 Å². The summed E-state index contributed by atoms with van der Waals surface area (Å²) in [5.74, 6) is 0. The minimum atomic E-state index is 0.129. The van der Waals surface area contributed by atoms with Crippen molar-refractivity contribution in [2.45, 2.75) is 44.3 Å². The van der Waals surface area contributed by atoms with E-state index in [-0.39, 0.29) is 5.54 Å². The highest BCUT2D eigenvalue weighted by atomic mass is 16.5. The number of nitrogens with zero attached hydrogens (tertiary/aromatic N) is 1. The van der Waals surface area contributed by atoms with E-state index in [1.54, 1.807) is 0 Å². The first-order chi connectivity index (χ1) is 9.63. The van der Waals surface area contributed by atoms with Crippen LogP contribution in [0.1, 0.15) is 37.4 Å². The van der Waals surface area contributed by atoms with Crippen molar-refractivity contribution >= 4 is 0 Å². The zero-order chi connectivity index (χ0) is 14.2. The molecule has 1 fully saturated rings. The van der Waals surface area contributed by atoms with E-state index in [9.17, 15) is 0 Å². The number of benzene rings is 1. The summed E-state index contributed by atoms with van der Waals surface area (Å²) in [5, 5.41) is 3.56. The van der Waals surface area contributed by atoms with Crippen molar-refractivity contribution in [3.05, 3.63) is 35.4 Å². The highest BCUT2D eigenvalue weighted by molar-refractivity contribution is 5.34. The van der Waals surface area contributed by atoms with E-state index in [2.05, 4.69) is 55.4 Å². The van der Waals surface area contributed by atoms with Crippen molar-refractivity contribution in [2.24, 2.45) is 0 Å². The predicted octanol–water partition coefficient (Wildman–Crippen LogP) is 2.37. The molecule has 1 N–H and O–H groups in total. The number of nitrogens with one attached hydrogen (secondary N) is 1. The lowest BCUT2D eigenvalue weighted by atomic mass is 9.81. The fourth-order valence-corrected chi connectivity index (χ4v) is 3.91. The highest BCUT2D eigenvalue weighted by Gasteiger charge is 2.40. The number of hydrogen-bond acceptors (Lipinski definition) is 3. The Bertz CT molecular complexity index is 472. The summed E-state index contributed by atoms with van der Waals surface area (Å²) in [7, 11) is 2.09. The SMILES string of the molecule is CNC1c2ccccc2CCC1N1CCOCC1(C)C. The molecule has 1 aromatic carbocycles. The van der Waals surface area contributed by atoms with Gasteiger partial charge in [0.15, 0.2) is 0 Å². The van der Waals surface area contributed by atoms with Crippen LogP contribution in [0.2, 0.25) is 0 Å². The molecule has 0 bridgehead atoms. The summed E-state index contributed by atoms with van der Waals surface area (Å²) in [6.07, 6.45) is 2.42. The molecule has 3 heteroatoms. The highest BCUT2D eigenvalue weighted by Crippen LogP contribution is 2.36. The van der Waals surface area contributed by atoms with Gasteiger partial charge in [0.2, 0.25) is 0 Å². The maximum Gasteiger partial charge on any atom is 0.0645 e. The summed E-state index contributed by atoms with van der Waals surface area (Å²) < 4.78 is 5.68. The molecule has 2 aliphatic rings. The third-order valence-electron chi connectivity index (χ3n) is 4.91. The zero-order valence-electron chi connectivity index (χ0n) is 12.9. The van der Waals surface area contributed by atoms with E-state index in [4.69, 9.17) is 4.74 Å². The Kier molecular flexibility index (Phi) is 3.85. The second kappa shape index (κ2) is 5.47. The van der Waals surface area contributed by atoms with E-state index < -0.39 is 0 Å². The van der Waals surface area contributed by atoms with E-state index in [1.807, 2.05) is 0 Å². The fourth-order valence-electron chi connectivity index (χ4n) is 3.91. The van der Waals surface area contributed by atoms with Gasteiger partial charge >= 0.3 is 0 Å². The number of hydrogen-bond donors (Lipinski definition) is 1. The Labute approximate surface area is 122 Å². The summed E-state index contributed by atoms with van der Waals surface area (Å²) in [6, 6.07) is 9.88. The Morgan fingerprint density at radius 3 is 2.85 bits per heavy atom. The van der Waals surface area contributed by atoms with Crippen LogP contribution in [0.3, 0.4) is 0 Å². The molecule has 1 saturated heterocycles. The third-order valence-corrected chi connectivity index (χ3v) is 4.91. The molecule has 20 heavy (non-hydrogen) atoms. The Morgan fingerprint density at radius 2 is 2.10 bits per heavy atom. The Balaban J connectivity index is 1.91. The van der Waals surface area contributed by atoms with Crippen LogP contribution >= 0.6 is 0 Å². The minimum absolute atomic E-state index is 0.129. The first kappa shape index (κ1) is 14.1. The average molecular weight is 274 g/mol. The summed E-state index contributed by atoms with van der Waals surface area (Å²) in [5.41, 5.74) is 3.12. The molecule has 1 aliphatic carbocycles.